The van der Waals surface area contributed by atoms with E-state index in [1.165, 1.54) is 12.8 Å². The maximum absolute atomic E-state index is 5.46. The summed E-state index contributed by atoms with van der Waals surface area (Å²) in [5, 5.41) is 8.08. The molecule has 4 rings (SSSR count). The summed E-state index contributed by atoms with van der Waals surface area (Å²) >= 11 is 0. The second kappa shape index (κ2) is 6.01. The lowest BCUT2D eigenvalue weighted by Gasteiger charge is -2.36. The number of piperazine rings is 1. The van der Waals surface area contributed by atoms with Gasteiger partial charge in [-0.25, -0.2) is 0 Å². The van der Waals surface area contributed by atoms with Gasteiger partial charge in [-0.05, 0) is 19.8 Å². The van der Waals surface area contributed by atoms with E-state index in [1.807, 2.05) is 6.92 Å². The minimum Gasteiger partial charge on any atom is -0.340 e. The summed E-state index contributed by atoms with van der Waals surface area (Å²) in [6, 6.07) is 0.171. The van der Waals surface area contributed by atoms with Crippen LogP contribution in [0.2, 0.25) is 0 Å². The zero-order valence-electron chi connectivity index (χ0n) is 13.6. The standard InChI is InChI=1S/C15H22N6O2/c1-10(15-17-14(19-23-15)12-3-4-12)21-7-5-20(6-8-21)9-13-16-11(2)22-18-13/h10,12H,3-9H2,1-2H3/t10-/m0/s1. The van der Waals surface area contributed by atoms with Gasteiger partial charge in [0.1, 0.15) is 0 Å². The minimum absolute atomic E-state index is 0.171. The second-order valence-electron chi connectivity index (χ2n) is 6.48. The van der Waals surface area contributed by atoms with Crippen molar-refractivity contribution in [2.24, 2.45) is 0 Å². The van der Waals surface area contributed by atoms with Crippen LogP contribution in [0.3, 0.4) is 0 Å². The molecule has 2 fully saturated rings. The van der Waals surface area contributed by atoms with E-state index < -0.39 is 0 Å². The number of nitrogens with zero attached hydrogens (tertiary/aromatic N) is 6. The van der Waals surface area contributed by atoms with Crippen molar-refractivity contribution in [2.75, 3.05) is 26.2 Å². The zero-order valence-corrected chi connectivity index (χ0v) is 13.6. The molecule has 124 valence electrons. The number of hydrogen-bond acceptors (Lipinski definition) is 8. The fourth-order valence-electron chi connectivity index (χ4n) is 2.99. The second-order valence-corrected chi connectivity index (χ2v) is 6.48. The van der Waals surface area contributed by atoms with E-state index >= 15 is 0 Å². The van der Waals surface area contributed by atoms with Crippen LogP contribution in [0.25, 0.3) is 0 Å². The first kappa shape index (κ1) is 14.8. The van der Waals surface area contributed by atoms with Crippen LogP contribution in [-0.4, -0.2) is 56.3 Å². The summed E-state index contributed by atoms with van der Waals surface area (Å²) in [4.78, 5) is 13.6. The lowest BCUT2D eigenvalue weighted by molar-refractivity contribution is 0.0827. The molecule has 0 amide bonds. The van der Waals surface area contributed by atoms with E-state index in [0.717, 1.165) is 50.3 Å². The molecule has 0 aromatic carbocycles. The lowest BCUT2D eigenvalue weighted by Crippen LogP contribution is -2.46. The summed E-state index contributed by atoms with van der Waals surface area (Å²) in [5.74, 6) is 3.55. The highest BCUT2D eigenvalue weighted by Crippen LogP contribution is 2.38. The molecule has 3 heterocycles. The molecule has 1 aliphatic heterocycles. The van der Waals surface area contributed by atoms with Gasteiger partial charge in [-0.2, -0.15) is 9.97 Å². The van der Waals surface area contributed by atoms with Gasteiger partial charge in [-0.15, -0.1) is 0 Å². The van der Waals surface area contributed by atoms with Crippen molar-refractivity contribution < 1.29 is 9.05 Å². The van der Waals surface area contributed by atoms with Gasteiger partial charge in [0.25, 0.3) is 0 Å². The molecular formula is C15H22N6O2. The molecule has 2 aliphatic rings. The third-order valence-corrected chi connectivity index (χ3v) is 4.65. The van der Waals surface area contributed by atoms with Crippen molar-refractivity contribution in [3.8, 4) is 0 Å². The Kier molecular flexibility index (Phi) is 3.86. The maximum atomic E-state index is 5.46. The summed E-state index contributed by atoms with van der Waals surface area (Å²) in [5.41, 5.74) is 0. The van der Waals surface area contributed by atoms with Crippen LogP contribution in [0.1, 0.15) is 55.2 Å². The van der Waals surface area contributed by atoms with E-state index in [1.54, 1.807) is 0 Å². The Morgan fingerprint density at radius 3 is 2.52 bits per heavy atom. The van der Waals surface area contributed by atoms with E-state index in [4.69, 9.17) is 9.05 Å². The van der Waals surface area contributed by atoms with Crippen molar-refractivity contribution in [3.63, 3.8) is 0 Å². The van der Waals surface area contributed by atoms with Crippen LogP contribution < -0.4 is 0 Å². The smallest absolute Gasteiger partial charge is 0.243 e. The van der Waals surface area contributed by atoms with Crippen LogP contribution in [0.4, 0.5) is 0 Å². The predicted molar refractivity (Wildman–Crippen MR) is 80.6 cm³/mol. The Hall–Kier alpha value is -1.80. The molecule has 1 saturated carbocycles. The van der Waals surface area contributed by atoms with Gasteiger partial charge in [0.05, 0.1) is 12.6 Å². The summed E-state index contributed by atoms with van der Waals surface area (Å²) in [7, 11) is 0. The molecular weight excluding hydrogens is 296 g/mol. The molecule has 1 saturated heterocycles. The predicted octanol–water partition coefficient (Wildman–Crippen LogP) is 1.52. The molecule has 0 radical (unpaired) electrons. The summed E-state index contributed by atoms with van der Waals surface area (Å²) in [6.45, 7) is 8.59. The van der Waals surface area contributed by atoms with Crippen LogP contribution in [0.15, 0.2) is 9.05 Å². The summed E-state index contributed by atoms with van der Waals surface area (Å²) in [6.07, 6.45) is 2.39. The van der Waals surface area contributed by atoms with Crippen molar-refractivity contribution in [3.05, 3.63) is 23.4 Å². The summed E-state index contributed by atoms with van der Waals surface area (Å²) < 4.78 is 10.5. The van der Waals surface area contributed by atoms with Crippen LogP contribution in [-0.2, 0) is 6.54 Å². The minimum atomic E-state index is 0.171. The highest BCUT2D eigenvalue weighted by Gasteiger charge is 2.31. The van der Waals surface area contributed by atoms with E-state index in [0.29, 0.717) is 11.8 Å². The van der Waals surface area contributed by atoms with Crippen LogP contribution in [0, 0.1) is 6.92 Å². The van der Waals surface area contributed by atoms with Crippen LogP contribution >= 0.6 is 0 Å². The fourth-order valence-corrected chi connectivity index (χ4v) is 2.99. The van der Waals surface area contributed by atoms with Gasteiger partial charge < -0.3 is 9.05 Å². The molecule has 1 atom stereocenters. The van der Waals surface area contributed by atoms with Gasteiger partial charge in [-0.3, -0.25) is 9.80 Å². The van der Waals surface area contributed by atoms with Crippen molar-refractivity contribution >= 4 is 0 Å². The largest absolute Gasteiger partial charge is 0.340 e. The Morgan fingerprint density at radius 2 is 1.87 bits per heavy atom. The Balaban J connectivity index is 1.31. The van der Waals surface area contributed by atoms with E-state index in [9.17, 15) is 0 Å². The molecule has 0 N–H and O–H groups in total. The fraction of sp³-hybridized carbons (Fsp3) is 0.733. The Bertz CT molecular complexity index is 656. The molecule has 23 heavy (non-hydrogen) atoms. The normalized spacial score (nSPS) is 21.7. The van der Waals surface area contributed by atoms with Gasteiger partial charge in [0, 0.05) is 39.0 Å². The van der Waals surface area contributed by atoms with Crippen molar-refractivity contribution in [1.29, 1.82) is 0 Å². The first-order chi connectivity index (χ1) is 11.2. The maximum Gasteiger partial charge on any atom is 0.243 e. The Morgan fingerprint density at radius 1 is 1.09 bits per heavy atom. The molecule has 1 aliphatic carbocycles. The average Bonchev–Trinajstić information content (AvgIpc) is 3.15. The first-order valence-corrected chi connectivity index (χ1v) is 8.28. The Labute approximate surface area is 134 Å². The van der Waals surface area contributed by atoms with Gasteiger partial charge in [0.2, 0.25) is 11.8 Å². The highest BCUT2D eigenvalue weighted by atomic mass is 16.5. The number of rotatable bonds is 5. The average molecular weight is 318 g/mol. The quantitative estimate of drug-likeness (QED) is 0.820. The van der Waals surface area contributed by atoms with Crippen molar-refractivity contribution in [1.82, 2.24) is 30.1 Å². The molecule has 0 spiro atoms. The molecule has 2 aromatic rings. The van der Waals surface area contributed by atoms with E-state index in [-0.39, 0.29) is 6.04 Å². The zero-order chi connectivity index (χ0) is 15.8. The monoisotopic (exact) mass is 318 g/mol. The lowest BCUT2D eigenvalue weighted by atomic mass is 10.2. The molecule has 0 bridgehead atoms. The molecule has 8 heteroatoms. The number of aromatic nitrogens is 4. The third-order valence-electron chi connectivity index (χ3n) is 4.65. The van der Waals surface area contributed by atoms with Gasteiger partial charge in [-0.1, -0.05) is 10.3 Å². The number of hydrogen-bond donors (Lipinski definition) is 0. The van der Waals surface area contributed by atoms with Crippen molar-refractivity contribution in [2.45, 2.75) is 45.2 Å². The highest BCUT2D eigenvalue weighted by molar-refractivity contribution is 5.05. The SMILES string of the molecule is Cc1nc(CN2CCN([C@@H](C)c3nc(C4CC4)no3)CC2)no1. The topological polar surface area (TPSA) is 84.3 Å². The number of aryl methyl sites for hydroxylation is 1. The molecule has 8 nitrogen and oxygen atoms in total. The van der Waals surface area contributed by atoms with E-state index in [2.05, 4.69) is 37.0 Å². The van der Waals surface area contributed by atoms with Crippen LogP contribution in [0.5, 0.6) is 0 Å². The third kappa shape index (κ3) is 3.28. The first-order valence-electron chi connectivity index (χ1n) is 8.28. The molecule has 2 aromatic heterocycles. The van der Waals surface area contributed by atoms with Gasteiger partial charge in [0.15, 0.2) is 11.6 Å². The van der Waals surface area contributed by atoms with Gasteiger partial charge >= 0.3 is 0 Å². The molecule has 0 unspecified atom stereocenters.